The van der Waals surface area contributed by atoms with Crippen molar-refractivity contribution in [2.45, 2.75) is 13.8 Å². The van der Waals surface area contributed by atoms with Crippen molar-refractivity contribution in [2.75, 3.05) is 6.16 Å². The second kappa shape index (κ2) is 6.21. The second-order valence-corrected chi connectivity index (χ2v) is 6.32. The standard InChI is InChI=1S/C11H12Cl3OP/c1-6(2)5-16-11(15)10-8(13)3-7(12)4-9(10)14/h3-4,6,16H,5H2,1-2H3. The Hall–Kier alpha value is 0.190. The fourth-order valence-corrected chi connectivity index (χ4v) is 3.33. The average Bonchev–Trinajstić information content (AvgIpc) is 2.12. The zero-order chi connectivity index (χ0) is 12.3. The Balaban J connectivity index is 2.91. The minimum absolute atomic E-state index is 0.000340. The monoisotopic (exact) mass is 296 g/mol. The van der Waals surface area contributed by atoms with Gasteiger partial charge in [-0.15, -0.1) is 0 Å². The van der Waals surface area contributed by atoms with Crippen LogP contribution in [0.5, 0.6) is 0 Å². The molecule has 0 aromatic heterocycles. The summed E-state index contributed by atoms with van der Waals surface area (Å²) in [5, 5.41) is 1.11. The normalized spacial score (nSPS) is 11.6. The molecule has 0 N–H and O–H groups in total. The number of benzene rings is 1. The van der Waals surface area contributed by atoms with E-state index in [2.05, 4.69) is 13.8 Å². The Kier molecular flexibility index (Phi) is 5.53. The van der Waals surface area contributed by atoms with Crippen molar-refractivity contribution in [3.8, 4) is 0 Å². The average molecular weight is 298 g/mol. The first-order chi connectivity index (χ1) is 7.41. The predicted molar refractivity (Wildman–Crippen MR) is 73.8 cm³/mol. The second-order valence-electron chi connectivity index (χ2n) is 3.85. The first-order valence-corrected chi connectivity index (χ1v) is 7.18. The van der Waals surface area contributed by atoms with Crippen LogP contribution in [0.25, 0.3) is 0 Å². The summed E-state index contributed by atoms with van der Waals surface area (Å²) in [5.41, 5.74) is 0.395. The zero-order valence-corrected chi connectivity index (χ0v) is 12.2. The van der Waals surface area contributed by atoms with E-state index in [4.69, 9.17) is 34.8 Å². The Morgan fingerprint density at radius 2 is 1.75 bits per heavy atom. The summed E-state index contributed by atoms with van der Waals surface area (Å²) in [6, 6.07) is 3.09. The van der Waals surface area contributed by atoms with Gasteiger partial charge in [0.1, 0.15) is 0 Å². The molecule has 0 heterocycles. The molecule has 0 spiro atoms. The highest BCUT2D eigenvalue weighted by Crippen LogP contribution is 2.34. The fourth-order valence-electron chi connectivity index (χ4n) is 1.14. The lowest BCUT2D eigenvalue weighted by atomic mass is 10.2. The van der Waals surface area contributed by atoms with Crippen molar-refractivity contribution in [1.82, 2.24) is 0 Å². The van der Waals surface area contributed by atoms with Gasteiger partial charge in [-0.05, 0) is 32.8 Å². The summed E-state index contributed by atoms with van der Waals surface area (Å²) in [4.78, 5) is 11.9. The molecular formula is C11H12Cl3OP. The number of carbonyl (C=O) groups excluding carboxylic acids is 1. The van der Waals surface area contributed by atoms with Crippen LogP contribution >= 0.6 is 43.4 Å². The van der Waals surface area contributed by atoms with Crippen molar-refractivity contribution in [3.63, 3.8) is 0 Å². The third-order valence-electron chi connectivity index (χ3n) is 1.90. The predicted octanol–water partition coefficient (Wildman–Crippen LogP) is 5.12. The SMILES string of the molecule is CC(C)CPC(=O)c1c(Cl)cc(Cl)cc1Cl. The van der Waals surface area contributed by atoms with Crippen LogP contribution < -0.4 is 0 Å². The van der Waals surface area contributed by atoms with Crippen LogP contribution in [0.3, 0.4) is 0 Å². The molecule has 0 aliphatic heterocycles. The smallest absolute Gasteiger partial charge is 0.184 e. The van der Waals surface area contributed by atoms with Crippen LogP contribution in [0.4, 0.5) is 0 Å². The van der Waals surface area contributed by atoms with Crippen molar-refractivity contribution in [2.24, 2.45) is 5.92 Å². The van der Waals surface area contributed by atoms with E-state index in [0.717, 1.165) is 6.16 Å². The highest BCUT2D eigenvalue weighted by molar-refractivity contribution is 7.58. The summed E-state index contributed by atoms with van der Waals surface area (Å²) < 4.78 is 0. The van der Waals surface area contributed by atoms with Crippen LogP contribution in [-0.4, -0.2) is 11.7 Å². The highest BCUT2D eigenvalue weighted by atomic mass is 35.5. The Morgan fingerprint density at radius 1 is 1.25 bits per heavy atom. The van der Waals surface area contributed by atoms with Crippen molar-refractivity contribution in [3.05, 3.63) is 32.8 Å². The maximum Gasteiger partial charge on any atom is 0.184 e. The van der Waals surface area contributed by atoms with Crippen LogP contribution in [0, 0.1) is 5.92 Å². The quantitative estimate of drug-likeness (QED) is 0.705. The van der Waals surface area contributed by atoms with Gasteiger partial charge in [0.2, 0.25) is 0 Å². The van der Waals surface area contributed by atoms with Crippen LogP contribution in [0.15, 0.2) is 12.1 Å². The molecule has 88 valence electrons. The van der Waals surface area contributed by atoms with E-state index in [1.807, 2.05) is 0 Å². The molecule has 1 atom stereocenters. The number of hydrogen-bond donors (Lipinski definition) is 0. The molecular weight excluding hydrogens is 285 g/mol. The molecule has 0 saturated heterocycles. The molecule has 0 saturated carbocycles. The Labute approximate surface area is 112 Å². The summed E-state index contributed by atoms with van der Waals surface area (Å²) in [7, 11) is 0.202. The number of hydrogen-bond acceptors (Lipinski definition) is 1. The number of rotatable bonds is 4. The van der Waals surface area contributed by atoms with Crippen LogP contribution in [0.2, 0.25) is 15.1 Å². The van der Waals surface area contributed by atoms with Crippen molar-refractivity contribution < 1.29 is 4.79 Å². The fraction of sp³-hybridized carbons (Fsp3) is 0.364. The van der Waals surface area contributed by atoms with Gasteiger partial charge >= 0.3 is 0 Å². The molecule has 5 heteroatoms. The van der Waals surface area contributed by atoms with E-state index < -0.39 is 0 Å². The molecule has 0 amide bonds. The van der Waals surface area contributed by atoms with Gasteiger partial charge in [0, 0.05) is 5.02 Å². The summed E-state index contributed by atoms with van der Waals surface area (Å²) in [6.07, 6.45) is 0.855. The highest BCUT2D eigenvalue weighted by Gasteiger charge is 2.15. The van der Waals surface area contributed by atoms with Crippen molar-refractivity contribution in [1.29, 1.82) is 0 Å². The number of halogens is 3. The molecule has 0 bridgehead atoms. The van der Waals surface area contributed by atoms with E-state index in [-0.39, 0.29) is 14.1 Å². The summed E-state index contributed by atoms with van der Waals surface area (Å²) in [6.45, 7) is 4.15. The van der Waals surface area contributed by atoms with Gasteiger partial charge in [0.25, 0.3) is 0 Å². The largest absolute Gasteiger partial charge is 0.289 e. The first-order valence-electron chi connectivity index (χ1n) is 4.84. The number of carbonyl (C=O) groups is 1. The Morgan fingerprint density at radius 3 is 2.19 bits per heavy atom. The molecule has 1 unspecified atom stereocenters. The van der Waals surface area contributed by atoms with E-state index in [1.54, 1.807) is 12.1 Å². The van der Waals surface area contributed by atoms with Gasteiger partial charge < -0.3 is 0 Å². The molecule has 0 aliphatic rings. The Bertz CT molecular complexity index is 381. The lowest BCUT2D eigenvalue weighted by Crippen LogP contribution is -1.98. The maximum absolute atomic E-state index is 11.9. The third-order valence-corrected chi connectivity index (χ3v) is 4.31. The minimum Gasteiger partial charge on any atom is -0.289 e. The molecule has 1 aromatic carbocycles. The lowest BCUT2D eigenvalue weighted by Gasteiger charge is -2.08. The van der Waals surface area contributed by atoms with Gasteiger partial charge in [0.05, 0.1) is 15.6 Å². The van der Waals surface area contributed by atoms with Crippen LogP contribution in [-0.2, 0) is 0 Å². The van der Waals surface area contributed by atoms with E-state index in [0.29, 0.717) is 26.5 Å². The summed E-state index contributed by atoms with van der Waals surface area (Å²) >= 11 is 17.7. The van der Waals surface area contributed by atoms with E-state index in [9.17, 15) is 4.79 Å². The van der Waals surface area contributed by atoms with Gasteiger partial charge in [-0.2, -0.15) is 0 Å². The molecule has 1 nitrogen and oxygen atoms in total. The maximum atomic E-state index is 11.9. The van der Waals surface area contributed by atoms with Gasteiger partial charge in [-0.3, -0.25) is 4.79 Å². The van der Waals surface area contributed by atoms with Crippen molar-refractivity contribution >= 4 is 48.9 Å². The lowest BCUT2D eigenvalue weighted by molar-refractivity contribution is 0.108. The molecule has 1 aromatic rings. The first kappa shape index (κ1) is 14.3. The molecule has 0 radical (unpaired) electrons. The van der Waals surface area contributed by atoms with E-state index in [1.165, 1.54) is 0 Å². The summed E-state index contributed by atoms with van der Waals surface area (Å²) in [5.74, 6) is 0.493. The van der Waals surface area contributed by atoms with Gasteiger partial charge in [-0.25, -0.2) is 0 Å². The van der Waals surface area contributed by atoms with Gasteiger partial charge in [-0.1, -0.05) is 48.7 Å². The third kappa shape index (κ3) is 3.89. The van der Waals surface area contributed by atoms with Gasteiger partial charge in [0.15, 0.2) is 5.52 Å². The molecule has 0 fully saturated rings. The zero-order valence-electron chi connectivity index (χ0n) is 8.98. The van der Waals surface area contributed by atoms with E-state index >= 15 is 0 Å². The molecule has 1 rings (SSSR count). The molecule has 0 aliphatic carbocycles. The minimum atomic E-state index is 0.000340. The van der Waals surface area contributed by atoms with Crippen LogP contribution in [0.1, 0.15) is 24.2 Å². The molecule has 16 heavy (non-hydrogen) atoms. The topological polar surface area (TPSA) is 17.1 Å².